The van der Waals surface area contributed by atoms with Crippen molar-refractivity contribution in [1.82, 2.24) is 9.97 Å². The number of anilines is 3. The van der Waals surface area contributed by atoms with Gasteiger partial charge in [-0.1, -0.05) is 6.07 Å². The van der Waals surface area contributed by atoms with Gasteiger partial charge in [0.05, 0.1) is 19.3 Å². The number of ether oxygens (including phenoxy) is 1. The molecule has 3 fully saturated rings. The van der Waals surface area contributed by atoms with Crippen LogP contribution in [0.2, 0.25) is 5.28 Å². The lowest BCUT2D eigenvalue weighted by Gasteiger charge is -2.16. The average Bonchev–Trinajstić information content (AvgIpc) is 3.48. The van der Waals surface area contributed by atoms with Crippen molar-refractivity contribution in [3.63, 3.8) is 0 Å². The zero-order chi connectivity index (χ0) is 27.0. The summed E-state index contributed by atoms with van der Waals surface area (Å²) in [6.45, 7) is 0.408. The first-order chi connectivity index (χ1) is 17.6. The third-order valence-electron chi connectivity index (χ3n) is 6.51. The molecule has 1 heterocycles. The Morgan fingerprint density at radius 1 is 1.05 bits per heavy atom. The van der Waals surface area contributed by atoms with Crippen molar-refractivity contribution >= 4 is 28.9 Å². The molecule has 0 saturated heterocycles. The van der Waals surface area contributed by atoms with Gasteiger partial charge < -0.3 is 36.8 Å². The van der Waals surface area contributed by atoms with E-state index in [1.807, 2.05) is 0 Å². The van der Waals surface area contributed by atoms with Crippen LogP contribution in [0, 0.1) is 11.6 Å². The number of halogens is 3. The van der Waals surface area contributed by atoms with Gasteiger partial charge in [-0.25, -0.2) is 8.78 Å². The van der Waals surface area contributed by atoms with Crippen LogP contribution in [0.3, 0.4) is 0 Å². The molecule has 0 aliphatic heterocycles. The summed E-state index contributed by atoms with van der Waals surface area (Å²) in [7, 11) is 0. The highest BCUT2D eigenvalue weighted by atomic mass is 35.5. The minimum Gasteiger partial charge on any atom is -0.394 e. The largest absolute Gasteiger partial charge is 0.394 e. The van der Waals surface area contributed by atoms with Crippen molar-refractivity contribution in [2.75, 3.05) is 30.0 Å². The van der Waals surface area contributed by atoms with E-state index in [2.05, 4.69) is 15.3 Å². The second-order valence-corrected chi connectivity index (χ2v) is 9.99. The Kier molecular flexibility index (Phi) is 10.7. The monoisotopic (exact) mass is 543 g/mol. The van der Waals surface area contributed by atoms with Gasteiger partial charge in [0.1, 0.15) is 5.69 Å². The predicted octanol–water partition coefficient (Wildman–Crippen LogP) is 3.72. The number of nitrogens with zero attached hydrogens (tertiary/aromatic N) is 2. The van der Waals surface area contributed by atoms with Crippen LogP contribution in [0.4, 0.5) is 26.1 Å². The Hall–Kier alpha value is -2.31. The number of hydrogen-bond donors (Lipinski definition) is 6. The Balaban J connectivity index is 0.000000176. The number of aromatic nitrogens is 2. The summed E-state index contributed by atoms with van der Waals surface area (Å²) in [6.07, 6.45) is 8.15. The lowest BCUT2D eigenvalue weighted by molar-refractivity contribution is -0.152. The summed E-state index contributed by atoms with van der Waals surface area (Å²) in [5.41, 5.74) is 12.7. The van der Waals surface area contributed by atoms with Crippen LogP contribution in [-0.2, 0) is 4.74 Å². The van der Waals surface area contributed by atoms with E-state index in [0.717, 1.165) is 50.5 Å². The minimum atomic E-state index is -1.31. The van der Waals surface area contributed by atoms with E-state index in [4.69, 9.17) is 43.1 Å². The molecule has 2 aromatic rings. The van der Waals surface area contributed by atoms with Crippen molar-refractivity contribution < 1.29 is 28.8 Å². The zero-order valence-electron chi connectivity index (χ0n) is 20.7. The molecule has 3 aliphatic rings. The first kappa shape index (κ1) is 29.2. The summed E-state index contributed by atoms with van der Waals surface area (Å²) in [5.74, 6) is -1.66. The van der Waals surface area contributed by atoms with Gasteiger partial charge in [0.2, 0.25) is 5.28 Å². The molecule has 0 radical (unpaired) electrons. The summed E-state index contributed by atoms with van der Waals surface area (Å²) in [4.78, 5) is 7.82. The summed E-state index contributed by atoms with van der Waals surface area (Å²) >= 11 is 5.75. The molecule has 2 atom stereocenters. The first-order valence-electron chi connectivity index (χ1n) is 12.5. The molecule has 0 bridgehead atoms. The van der Waals surface area contributed by atoms with Gasteiger partial charge >= 0.3 is 0 Å². The smallest absolute Gasteiger partial charge is 0.226 e. The standard InChI is InChI=1S/C11H18ClN5O2.C9H8F2.C5H10O2/c12-11-16-9(14)8(13)10(17-11)15-6-1-2-7(5-6)19-4-3-18;10-8-4-3-7(5-9(8)11)6-1-2-6;6-5(7)3-1-2-4-5/h6-7,18H,1-5,13H2,(H3,14,15,16,17);3-6H,1-2H2;6-7H,1-4H2. The van der Waals surface area contributed by atoms with Crippen molar-refractivity contribution in [2.24, 2.45) is 0 Å². The number of nitrogen functional groups attached to an aromatic ring is 2. The molecule has 0 spiro atoms. The average molecular weight is 544 g/mol. The number of rotatable bonds is 6. The first-order valence-corrected chi connectivity index (χ1v) is 12.9. The van der Waals surface area contributed by atoms with E-state index in [-0.39, 0.29) is 29.9 Å². The molecular formula is C25H36ClF2N5O4. The quantitative estimate of drug-likeness (QED) is 0.236. The lowest BCUT2D eigenvalue weighted by Crippen LogP contribution is -2.21. The second-order valence-electron chi connectivity index (χ2n) is 9.65. The Labute approximate surface area is 220 Å². The number of benzene rings is 1. The molecule has 37 heavy (non-hydrogen) atoms. The molecule has 8 N–H and O–H groups in total. The third kappa shape index (κ3) is 9.50. The summed E-state index contributed by atoms with van der Waals surface area (Å²) in [5, 5.41) is 29.5. The molecule has 206 valence electrons. The van der Waals surface area contributed by atoms with Crippen molar-refractivity contribution in [2.45, 2.75) is 81.6 Å². The number of nitrogens with two attached hydrogens (primary N) is 2. The predicted molar refractivity (Wildman–Crippen MR) is 138 cm³/mol. The van der Waals surface area contributed by atoms with E-state index in [9.17, 15) is 8.78 Å². The van der Waals surface area contributed by atoms with Crippen molar-refractivity contribution in [3.8, 4) is 0 Å². The maximum Gasteiger partial charge on any atom is 0.226 e. The van der Waals surface area contributed by atoms with E-state index in [1.165, 1.54) is 12.1 Å². The molecule has 5 rings (SSSR count). The molecule has 3 aliphatic carbocycles. The topological polar surface area (TPSA) is 160 Å². The number of hydrogen-bond acceptors (Lipinski definition) is 9. The highest BCUT2D eigenvalue weighted by molar-refractivity contribution is 6.28. The Bertz CT molecular complexity index is 1020. The van der Waals surface area contributed by atoms with Crippen LogP contribution in [0.1, 0.15) is 69.3 Å². The van der Waals surface area contributed by atoms with Gasteiger partial charge in [-0.2, -0.15) is 9.97 Å². The van der Waals surface area contributed by atoms with Crippen LogP contribution in [-0.4, -0.2) is 56.4 Å². The van der Waals surface area contributed by atoms with Crippen LogP contribution in [0.5, 0.6) is 0 Å². The Morgan fingerprint density at radius 3 is 2.32 bits per heavy atom. The van der Waals surface area contributed by atoms with E-state index < -0.39 is 17.4 Å². The van der Waals surface area contributed by atoms with E-state index >= 15 is 0 Å². The molecule has 0 amide bonds. The molecule has 3 saturated carbocycles. The highest BCUT2D eigenvalue weighted by Gasteiger charge is 2.27. The molecule has 9 nitrogen and oxygen atoms in total. The fourth-order valence-corrected chi connectivity index (χ4v) is 4.50. The molecule has 1 aromatic carbocycles. The SMILES string of the molecule is Fc1ccc(C2CC2)cc1F.Nc1nc(Cl)nc(NC2CCC(OCCO)C2)c1N.OC1(O)CCCC1. The summed E-state index contributed by atoms with van der Waals surface area (Å²) < 4.78 is 30.5. The maximum absolute atomic E-state index is 12.6. The zero-order valence-corrected chi connectivity index (χ0v) is 21.4. The molecule has 2 unspecified atom stereocenters. The maximum atomic E-state index is 12.6. The van der Waals surface area contributed by atoms with Crippen molar-refractivity contribution in [3.05, 3.63) is 40.7 Å². The minimum absolute atomic E-state index is 0.0413. The molecular weight excluding hydrogens is 508 g/mol. The van der Waals surface area contributed by atoms with Crippen molar-refractivity contribution in [1.29, 1.82) is 0 Å². The molecule has 12 heteroatoms. The van der Waals surface area contributed by atoms with Crippen LogP contribution >= 0.6 is 11.6 Å². The fraction of sp³-hybridized carbons (Fsp3) is 0.600. The number of nitrogens with one attached hydrogen (secondary N) is 1. The van der Waals surface area contributed by atoms with Crippen LogP contribution in [0.25, 0.3) is 0 Å². The van der Waals surface area contributed by atoms with Gasteiger partial charge in [-0.3, -0.25) is 0 Å². The van der Waals surface area contributed by atoms with Crippen LogP contribution in [0.15, 0.2) is 18.2 Å². The van der Waals surface area contributed by atoms with Gasteiger partial charge in [-0.05, 0) is 80.2 Å². The number of aliphatic hydroxyl groups excluding tert-OH is 1. The fourth-order valence-electron chi connectivity index (χ4n) is 4.33. The van der Waals surface area contributed by atoms with Gasteiger partial charge in [0.25, 0.3) is 0 Å². The lowest BCUT2D eigenvalue weighted by atomic mass is 10.1. The van der Waals surface area contributed by atoms with Gasteiger partial charge in [0, 0.05) is 18.9 Å². The highest BCUT2D eigenvalue weighted by Crippen LogP contribution is 2.40. The van der Waals surface area contributed by atoms with Gasteiger partial charge in [0.15, 0.2) is 29.1 Å². The third-order valence-corrected chi connectivity index (χ3v) is 6.68. The van der Waals surface area contributed by atoms with E-state index in [0.29, 0.717) is 36.9 Å². The second kappa shape index (κ2) is 13.5. The summed E-state index contributed by atoms with van der Waals surface area (Å²) in [6, 6.07) is 4.36. The van der Waals surface area contributed by atoms with E-state index in [1.54, 1.807) is 6.07 Å². The Morgan fingerprint density at radius 2 is 1.76 bits per heavy atom. The number of aliphatic hydroxyl groups is 3. The normalized spacial score (nSPS) is 22.0. The van der Waals surface area contributed by atoms with Crippen LogP contribution < -0.4 is 16.8 Å². The van der Waals surface area contributed by atoms with Gasteiger partial charge in [-0.15, -0.1) is 0 Å². The molecule has 1 aromatic heterocycles.